The zero-order valence-corrected chi connectivity index (χ0v) is 17.6. The monoisotopic (exact) mass is 440 g/mol. The molecule has 0 aliphatic carbocycles. The molecule has 0 spiro atoms. The van der Waals surface area contributed by atoms with E-state index in [0.29, 0.717) is 30.1 Å². The molecule has 1 N–H and O–H groups in total. The molecule has 0 aliphatic rings. The van der Waals surface area contributed by atoms with E-state index in [9.17, 15) is 13.6 Å². The summed E-state index contributed by atoms with van der Waals surface area (Å²) in [6.07, 6.45) is 3.25. The number of benzene rings is 1. The highest BCUT2D eigenvalue weighted by Crippen LogP contribution is 2.23. The van der Waals surface area contributed by atoms with E-state index in [4.69, 9.17) is 4.74 Å². The molecule has 10 heteroatoms. The molecule has 32 heavy (non-hydrogen) atoms. The molecular formula is C22H22F2N6O2. The van der Waals surface area contributed by atoms with Crippen molar-refractivity contribution in [3.8, 4) is 11.5 Å². The number of methoxy groups -OCH3 is 1. The Morgan fingerprint density at radius 3 is 2.91 bits per heavy atom. The number of hydrogen-bond donors (Lipinski definition) is 1. The van der Waals surface area contributed by atoms with E-state index < -0.39 is 24.4 Å². The summed E-state index contributed by atoms with van der Waals surface area (Å²) < 4.78 is 36.3. The number of carbonyl (C=O) groups excluding carboxylic acids is 1. The van der Waals surface area contributed by atoms with E-state index in [1.165, 1.54) is 18.5 Å². The molecule has 1 unspecified atom stereocenters. The number of anilines is 1. The normalized spacial score (nSPS) is 12.2. The third-order valence-electron chi connectivity index (χ3n) is 5.13. The van der Waals surface area contributed by atoms with Crippen LogP contribution in [-0.4, -0.2) is 50.6 Å². The van der Waals surface area contributed by atoms with Crippen LogP contribution in [0.2, 0.25) is 0 Å². The predicted molar refractivity (Wildman–Crippen MR) is 116 cm³/mol. The van der Waals surface area contributed by atoms with Crippen molar-refractivity contribution >= 4 is 22.6 Å². The minimum atomic E-state index is -0.632. The Labute approximate surface area is 182 Å². The highest BCUT2D eigenvalue weighted by atomic mass is 19.1. The minimum absolute atomic E-state index is 0.101. The molecule has 1 aromatic carbocycles. The average Bonchev–Trinajstić information content (AvgIpc) is 3.43. The van der Waals surface area contributed by atoms with Crippen molar-refractivity contribution in [2.24, 2.45) is 0 Å². The highest BCUT2D eigenvalue weighted by molar-refractivity contribution is 6.06. The lowest BCUT2D eigenvalue weighted by molar-refractivity contribution is 0.102. The Hall–Kier alpha value is -3.66. The van der Waals surface area contributed by atoms with Crippen LogP contribution in [-0.2, 0) is 11.3 Å². The molecule has 3 heterocycles. The molecule has 4 aromatic rings. The van der Waals surface area contributed by atoms with Crippen LogP contribution in [0.4, 0.5) is 14.6 Å². The first kappa shape index (κ1) is 21.6. The third kappa shape index (κ3) is 4.22. The number of nitrogens with one attached hydrogen (secondary N) is 1. The van der Waals surface area contributed by atoms with Crippen molar-refractivity contribution in [2.75, 3.05) is 25.7 Å². The SMILES string of the molecule is COCCn1ccc2cc(F)c(C(=O)Nc3cccc(-c4nncn4C(C)CF)n3)cc21. The summed E-state index contributed by atoms with van der Waals surface area (Å²) in [5.74, 6) is -0.682. The maximum Gasteiger partial charge on any atom is 0.259 e. The van der Waals surface area contributed by atoms with Crippen molar-refractivity contribution < 1.29 is 18.3 Å². The quantitative estimate of drug-likeness (QED) is 0.450. The maximum absolute atomic E-state index is 14.6. The van der Waals surface area contributed by atoms with Gasteiger partial charge in [-0.25, -0.2) is 13.8 Å². The van der Waals surface area contributed by atoms with E-state index in [0.717, 1.165) is 5.52 Å². The molecule has 8 nitrogen and oxygen atoms in total. The number of fused-ring (bicyclic) bond motifs is 1. The Bertz CT molecular complexity index is 1250. The predicted octanol–water partition coefficient (Wildman–Crippen LogP) is 3.86. The van der Waals surface area contributed by atoms with Gasteiger partial charge < -0.3 is 19.2 Å². The lowest BCUT2D eigenvalue weighted by atomic mass is 10.1. The summed E-state index contributed by atoms with van der Waals surface area (Å²) >= 11 is 0. The number of aromatic nitrogens is 5. The molecule has 3 aromatic heterocycles. The van der Waals surface area contributed by atoms with Crippen LogP contribution < -0.4 is 5.32 Å². The first-order chi connectivity index (χ1) is 15.5. The highest BCUT2D eigenvalue weighted by Gasteiger charge is 2.18. The fourth-order valence-electron chi connectivity index (χ4n) is 3.40. The molecule has 0 saturated carbocycles. The minimum Gasteiger partial charge on any atom is -0.383 e. The van der Waals surface area contributed by atoms with Gasteiger partial charge in [0, 0.05) is 30.8 Å². The molecule has 0 bridgehead atoms. The van der Waals surface area contributed by atoms with Gasteiger partial charge in [-0.2, -0.15) is 0 Å². The first-order valence-corrected chi connectivity index (χ1v) is 10.0. The number of pyridine rings is 1. The number of hydrogen-bond acceptors (Lipinski definition) is 5. The standard InChI is InChI=1S/C22H22F2N6O2/c1-14(12-23)30-13-25-28-21(30)18-4-3-5-20(26-18)27-22(31)16-11-19-15(10-17(16)24)6-7-29(19)8-9-32-2/h3-7,10-11,13-14H,8-9,12H2,1-2H3,(H,26,27,31). The van der Waals surface area contributed by atoms with Crippen LogP contribution in [0.3, 0.4) is 0 Å². The smallest absolute Gasteiger partial charge is 0.259 e. The zero-order valence-electron chi connectivity index (χ0n) is 17.6. The van der Waals surface area contributed by atoms with Crippen molar-refractivity contribution in [2.45, 2.75) is 19.5 Å². The number of halogens is 2. The van der Waals surface area contributed by atoms with E-state index in [1.54, 1.807) is 42.9 Å². The van der Waals surface area contributed by atoms with E-state index >= 15 is 0 Å². The summed E-state index contributed by atoms with van der Waals surface area (Å²) in [5, 5.41) is 11.2. The van der Waals surface area contributed by atoms with Crippen LogP contribution >= 0.6 is 0 Å². The van der Waals surface area contributed by atoms with Gasteiger partial charge in [0.1, 0.15) is 30.3 Å². The molecule has 4 rings (SSSR count). The van der Waals surface area contributed by atoms with Gasteiger partial charge >= 0.3 is 0 Å². The average molecular weight is 440 g/mol. The van der Waals surface area contributed by atoms with Gasteiger partial charge in [0.05, 0.1) is 18.2 Å². The summed E-state index contributed by atoms with van der Waals surface area (Å²) in [6.45, 7) is 2.18. The lowest BCUT2D eigenvalue weighted by Crippen LogP contribution is -2.15. The third-order valence-corrected chi connectivity index (χ3v) is 5.13. The van der Waals surface area contributed by atoms with Crippen molar-refractivity contribution in [3.05, 3.63) is 60.3 Å². The summed E-state index contributed by atoms with van der Waals surface area (Å²) in [4.78, 5) is 17.2. The molecule has 0 saturated heterocycles. The fourth-order valence-corrected chi connectivity index (χ4v) is 3.40. The molecule has 0 aliphatic heterocycles. The summed E-state index contributed by atoms with van der Waals surface area (Å²) in [7, 11) is 1.60. The number of carbonyl (C=O) groups is 1. The van der Waals surface area contributed by atoms with E-state index in [1.807, 2.05) is 10.8 Å². The van der Waals surface area contributed by atoms with Gasteiger partial charge in [0.15, 0.2) is 5.82 Å². The van der Waals surface area contributed by atoms with E-state index in [-0.39, 0.29) is 11.4 Å². The van der Waals surface area contributed by atoms with Crippen molar-refractivity contribution in [1.29, 1.82) is 0 Å². The Morgan fingerprint density at radius 2 is 2.12 bits per heavy atom. The van der Waals surface area contributed by atoms with Gasteiger partial charge in [-0.1, -0.05) is 6.07 Å². The van der Waals surface area contributed by atoms with Gasteiger partial charge in [-0.3, -0.25) is 4.79 Å². The van der Waals surface area contributed by atoms with Gasteiger partial charge in [0.2, 0.25) is 0 Å². The van der Waals surface area contributed by atoms with Crippen LogP contribution in [0.5, 0.6) is 0 Å². The second kappa shape index (κ2) is 9.23. The fraction of sp³-hybridized carbons (Fsp3) is 0.273. The molecule has 1 atom stereocenters. The van der Waals surface area contributed by atoms with Crippen molar-refractivity contribution in [1.82, 2.24) is 24.3 Å². The number of nitrogens with zero attached hydrogens (tertiary/aromatic N) is 5. The summed E-state index contributed by atoms with van der Waals surface area (Å²) in [5.41, 5.74) is 1.03. The zero-order chi connectivity index (χ0) is 22.7. The van der Waals surface area contributed by atoms with Gasteiger partial charge in [-0.05, 0) is 37.3 Å². The van der Waals surface area contributed by atoms with Crippen LogP contribution in [0.25, 0.3) is 22.4 Å². The Balaban J connectivity index is 1.61. The first-order valence-electron chi connectivity index (χ1n) is 10.0. The summed E-state index contributed by atoms with van der Waals surface area (Å²) in [6, 6.07) is 9.10. The Kier molecular flexibility index (Phi) is 6.22. The topological polar surface area (TPSA) is 86.9 Å². The lowest BCUT2D eigenvalue weighted by Gasteiger charge is -2.12. The molecule has 166 valence electrons. The van der Waals surface area contributed by atoms with Gasteiger partial charge in [0.25, 0.3) is 5.91 Å². The van der Waals surface area contributed by atoms with Crippen LogP contribution in [0, 0.1) is 5.82 Å². The number of ether oxygens (including phenoxy) is 1. The number of rotatable bonds is 8. The van der Waals surface area contributed by atoms with Gasteiger partial charge in [-0.15, -0.1) is 10.2 Å². The molecule has 0 fully saturated rings. The molecule has 0 radical (unpaired) electrons. The van der Waals surface area contributed by atoms with Crippen LogP contribution in [0.15, 0.2) is 48.9 Å². The second-order valence-electron chi connectivity index (χ2n) is 7.32. The number of amides is 1. The van der Waals surface area contributed by atoms with E-state index in [2.05, 4.69) is 20.5 Å². The van der Waals surface area contributed by atoms with Crippen molar-refractivity contribution in [3.63, 3.8) is 0 Å². The Morgan fingerprint density at radius 1 is 1.28 bits per heavy atom. The molecular weight excluding hydrogens is 418 g/mol. The number of alkyl halides is 1. The maximum atomic E-state index is 14.6. The van der Waals surface area contributed by atoms with Crippen LogP contribution in [0.1, 0.15) is 23.3 Å². The largest absolute Gasteiger partial charge is 0.383 e. The molecule has 1 amide bonds. The second-order valence-corrected chi connectivity index (χ2v) is 7.32.